The van der Waals surface area contributed by atoms with E-state index in [9.17, 15) is 4.57 Å². The van der Waals surface area contributed by atoms with E-state index in [0.717, 1.165) is 0 Å². The average molecular weight is 445 g/mol. The average Bonchev–Trinajstić information content (AvgIpc) is 3.19. The summed E-state index contributed by atoms with van der Waals surface area (Å²) in [6.07, 6.45) is -1.74. The number of rotatable bonds is 9. The Morgan fingerprint density at radius 2 is 2.23 bits per heavy atom. The molecular formula is C18H29FN5O5P. The molecule has 0 radical (unpaired) electrons. The molecule has 0 aromatic heterocycles. The fraction of sp³-hybridized carbons (Fsp3) is 0.833. The van der Waals surface area contributed by atoms with Crippen LogP contribution in [0.5, 0.6) is 0 Å². The highest BCUT2D eigenvalue weighted by atomic mass is 31.1. The largest absolute Gasteiger partial charge is 0.477 e. The fourth-order valence-corrected chi connectivity index (χ4v) is 4.26. The van der Waals surface area contributed by atoms with Crippen molar-refractivity contribution in [2.75, 3.05) is 26.5 Å². The summed E-state index contributed by atoms with van der Waals surface area (Å²) >= 11 is 0. The summed E-state index contributed by atoms with van der Waals surface area (Å²) in [7, 11) is -0.478. The van der Waals surface area contributed by atoms with Crippen molar-refractivity contribution in [2.45, 2.75) is 64.4 Å². The van der Waals surface area contributed by atoms with Crippen LogP contribution in [0.3, 0.4) is 0 Å². The van der Waals surface area contributed by atoms with Crippen LogP contribution in [0.4, 0.5) is 4.39 Å². The molecular weight excluding hydrogens is 416 g/mol. The maximum absolute atomic E-state index is 16.1. The van der Waals surface area contributed by atoms with E-state index in [-0.39, 0.29) is 25.3 Å². The van der Waals surface area contributed by atoms with E-state index < -0.39 is 38.8 Å². The molecule has 12 heteroatoms. The molecule has 0 aromatic carbocycles. The number of hydrogen-bond donors (Lipinski definition) is 1. The van der Waals surface area contributed by atoms with Gasteiger partial charge in [0.2, 0.25) is 11.9 Å². The zero-order chi connectivity index (χ0) is 21.9. The summed E-state index contributed by atoms with van der Waals surface area (Å²) in [6.45, 7) is 8.10. The fourth-order valence-electron chi connectivity index (χ4n) is 4.05. The van der Waals surface area contributed by atoms with Crippen molar-refractivity contribution in [3.05, 3.63) is 0 Å². The molecule has 2 N–H and O–H groups in total. The van der Waals surface area contributed by atoms with E-state index in [1.165, 1.54) is 6.92 Å². The number of halogens is 1. The van der Waals surface area contributed by atoms with Crippen LogP contribution < -0.4 is 5.73 Å². The van der Waals surface area contributed by atoms with Crippen molar-refractivity contribution in [3.8, 4) is 0 Å². The van der Waals surface area contributed by atoms with Crippen molar-refractivity contribution in [1.29, 1.82) is 0 Å². The number of nitrogens with zero attached hydrogens (tertiary/aromatic N) is 4. The van der Waals surface area contributed by atoms with E-state index in [1.54, 1.807) is 4.90 Å². The van der Waals surface area contributed by atoms with Crippen LogP contribution in [0.15, 0.2) is 15.0 Å². The first kappa shape index (κ1) is 23.1. The topological polar surface area (TPSA) is 120 Å². The van der Waals surface area contributed by atoms with Crippen molar-refractivity contribution in [1.82, 2.24) is 4.90 Å². The minimum atomic E-state index is -1.76. The third kappa shape index (κ3) is 4.70. The van der Waals surface area contributed by atoms with Crippen LogP contribution in [0.25, 0.3) is 0 Å². The van der Waals surface area contributed by atoms with Gasteiger partial charge in [0.25, 0.3) is 0 Å². The molecule has 0 aliphatic carbocycles. The maximum Gasteiger partial charge on any atom is 0.327 e. The third-order valence-corrected chi connectivity index (χ3v) is 5.62. The molecule has 0 bridgehead atoms. The predicted octanol–water partition coefficient (Wildman–Crippen LogP) is 1.90. The van der Waals surface area contributed by atoms with Gasteiger partial charge < -0.3 is 19.9 Å². The van der Waals surface area contributed by atoms with Crippen LogP contribution in [0.2, 0.25) is 0 Å². The zero-order valence-corrected chi connectivity index (χ0v) is 18.5. The second-order valence-electron chi connectivity index (χ2n) is 7.77. The third-order valence-electron chi connectivity index (χ3n) is 5.37. The van der Waals surface area contributed by atoms with Crippen molar-refractivity contribution in [3.63, 3.8) is 0 Å². The Kier molecular flexibility index (Phi) is 7.52. The second kappa shape index (κ2) is 9.74. The number of ether oxygens (including phenoxy) is 3. The lowest BCUT2D eigenvalue weighted by atomic mass is 9.85. The number of fused-ring (bicyclic) bond motifs is 1. The molecule has 3 aliphatic rings. The Balaban J connectivity index is 1.80. The molecule has 168 valence electrons. The number of alkyl halides is 1. The first-order valence-corrected chi connectivity index (χ1v) is 10.8. The van der Waals surface area contributed by atoms with Crippen LogP contribution in [0.1, 0.15) is 34.1 Å². The summed E-state index contributed by atoms with van der Waals surface area (Å²) < 4.78 is 49.2. The van der Waals surface area contributed by atoms with Gasteiger partial charge in [-0.2, -0.15) is 4.99 Å². The molecule has 1 unspecified atom stereocenters. The van der Waals surface area contributed by atoms with E-state index in [4.69, 9.17) is 24.5 Å². The minimum Gasteiger partial charge on any atom is -0.477 e. The van der Waals surface area contributed by atoms with Gasteiger partial charge in [0.05, 0.1) is 32.1 Å². The van der Waals surface area contributed by atoms with E-state index >= 15 is 4.39 Å². The molecule has 3 aliphatic heterocycles. The van der Waals surface area contributed by atoms with Gasteiger partial charge in [-0.15, -0.1) is 0 Å². The van der Waals surface area contributed by atoms with Crippen molar-refractivity contribution < 1.29 is 27.7 Å². The highest BCUT2D eigenvalue weighted by Crippen LogP contribution is 2.45. The van der Waals surface area contributed by atoms with Crippen LogP contribution in [-0.4, -0.2) is 79.2 Å². The highest BCUT2D eigenvalue weighted by Gasteiger charge is 2.58. The minimum absolute atomic E-state index is 0.00328. The van der Waals surface area contributed by atoms with Gasteiger partial charge >= 0.3 is 8.69 Å². The van der Waals surface area contributed by atoms with Crippen LogP contribution in [0, 0.1) is 5.92 Å². The predicted molar refractivity (Wildman–Crippen MR) is 110 cm³/mol. The van der Waals surface area contributed by atoms with E-state index in [1.807, 2.05) is 20.8 Å². The molecule has 1 fully saturated rings. The number of aliphatic imine (C=N–C) groups is 3. The van der Waals surface area contributed by atoms with Gasteiger partial charge in [-0.05, 0) is 34.1 Å². The molecule has 5 atom stereocenters. The summed E-state index contributed by atoms with van der Waals surface area (Å²) in [5.41, 5.74) is 4.59. The molecule has 10 nitrogen and oxygen atoms in total. The Labute approximate surface area is 177 Å². The smallest absolute Gasteiger partial charge is 0.327 e. The Hall–Kier alpha value is -1.52. The van der Waals surface area contributed by atoms with Gasteiger partial charge in [0.1, 0.15) is 11.9 Å². The van der Waals surface area contributed by atoms with E-state index in [2.05, 4.69) is 15.0 Å². The lowest BCUT2D eigenvalue weighted by Gasteiger charge is -2.35. The Bertz CT molecular complexity index is 732. The highest BCUT2D eigenvalue weighted by molar-refractivity contribution is 7.17. The standard InChI is InChI=1S/C18H29FN5O5P/c1-5-26-15-13-14(22-17(20)23-15)24(9-21-13)16-18(4,19)11(6-7-27-10(2)3)12(29-16)8-28-30-25/h10-12,14,16H,5-9H2,1-4H3,(H2,20,22)/t11-,12-,14?,16-,18-/m1/s1. The Morgan fingerprint density at radius 1 is 1.47 bits per heavy atom. The van der Waals surface area contributed by atoms with Gasteiger partial charge in [0.15, 0.2) is 11.8 Å². The summed E-state index contributed by atoms with van der Waals surface area (Å²) in [5.74, 6) is -0.195. The molecule has 30 heavy (non-hydrogen) atoms. The number of guanidine groups is 1. The molecule has 3 heterocycles. The van der Waals surface area contributed by atoms with Gasteiger partial charge in [0, 0.05) is 12.5 Å². The SMILES string of the molecule is CCOC1=NC(N)=NC2C1=NCN2[C@@H]1O[C@H](COP=O)[C@@H](CCOC(C)C)[C@@]1(C)F. The van der Waals surface area contributed by atoms with Crippen LogP contribution >= 0.6 is 8.69 Å². The molecule has 0 saturated carbocycles. The normalized spacial score (nSPS) is 34.1. The monoisotopic (exact) mass is 445 g/mol. The first-order chi connectivity index (χ1) is 14.3. The summed E-state index contributed by atoms with van der Waals surface area (Å²) in [6, 6.07) is 0. The van der Waals surface area contributed by atoms with Gasteiger partial charge in [-0.1, -0.05) is 0 Å². The molecule has 0 spiro atoms. The number of nitrogens with two attached hydrogens (primary N) is 1. The quantitative estimate of drug-likeness (QED) is 0.538. The first-order valence-electron chi connectivity index (χ1n) is 10.0. The lowest BCUT2D eigenvalue weighted by Crippen LogP contribution is -2.53. The van der Waals surface area contributed by atoms with E-state index in [0.29, 0.717) is 31.2 Å². The second-order valence-corrected chi connectivity index (χ2v) is 8.18. The van der Waals surface area contributed by atoms with Crippen molar-refractivity contribution in [2.24, 2.45) is 26.6 Å². The van der Waals surface area contributed by atoms with Gasteiger partial charge in [-0.25, -0.2) is 18.8 Å². The lowest BCUT2D eigenvalue weighted by molar-refractivity contribution is -0.106. The van der Waals surface area contributed by atoms with Crippen LogP contribution in [-0.2, 0) is 23.3 Å². The molecule has 0 amide bonds. The molecule has 1 saturated heterocycles. The maximum atomic E-state index is 16.1. The Morgan fingerprint density at radius 3 is 2.90 bits per heavy atom. The summed E-state index contributed by atoms with van der Waals surface area (Å²) in [5, 5.41) is 0. The zero-order valence-electron chi connectivity index (χ0n) is 17.7. The molecule has 0 aromatic rings. The number of hydrogen-bond acceptors (Lipinski definition) is 10. The summed E-state index contributed by atoms with van der Waals surface area (Å²) in [4.78, 5) is 14.6. The van der Waals surface area contributed by atoms with Gasteiger partial charge in [-0.3, -0.25) is 9.52 Å². The molecule has 3 rings (SSSR count). The van der Waals surface area contributed by atoms with Crippen molar-refractivity contribution >= 4 is 26.3 Å².